The highest BCUT2D eigenvalue weighted by Gasteiger charge is 2.21. The van der Waals surface area contributed by atoms with Crippen molar-refractivity contribution >= 4 is 17.7 Å². The largest absolute Gasteiger partial charge is 0.461 e. The fourth-order valence-corrected chi connectivity index (χ4v) is 1.49. The van der Waals surface area contributed by atoms with Crippen LogP contribution in [-0.4, -0.2) is 24.1 Å². The second-order valence-electron chi connectivity index (χ2n) is 2.11. The van der Waals surface area contributed by atoms with Crippen LogP contribution < -0.4 is 0 Å². The quantitative estimate of drug-likeness (QED) is 0.545. The standard InChI is InChI=1S/C6H10O2S/c1-9-4-5-2-3-6(7)8-5/h5H,2-4H2,1H3. The van der Waals surface area contributed by atoms with Crippen molar-refractivity contribution in [2.24, 2.45) is 0 Å². The Morgan fingerprint density at radius 1 is 1.89 bits per heavy atom. The van der Waals surface area contributed by atoms with Gasteiger partial charge in [-0.1, -0.05) is 0 Å². The van der Waals surface area contributed by atoms with Crippen LogP contribution in [0, 0.1) is 0 Å². The van der Waals surface area contributed by atoms with E-state index in [-0.39, 0.29) is 12.1 Å². The zero-order valence-electron chi connectivity index (χ0n) is 5.42. The molecule has 0 spiro atoms. The first-order valence-electron chi connectivity index (χ1n) is 3.01. The van der Waals surface area contributed by atoms with E-state index >= 15 is 0 Å². The van der Waals surface area contributed by atoms with E-state index in [4.69, 9.17) is 4.74 Å². The van der Waals surface area contributed by atoms with Crippen molar-refractivity contribution in [1.29, 1.82) is 0 Å². The normalized spacial score (nSPS) is 26.3. The molecule has 0 aromatic heterocycles. The number of cyclic esters (lactones) is 1. The average Bonchev–Trinajstić information content (AvgIpc) is 2.17. The summed E-state index contributed by atoms with van der Waals surface area (Å²) < 4.78 is 4.94. The second-order valence-corrected chi connectivity index (χ2v) is 3.02. The van der Waals surface area contributed by atoms with Gasteiger partial charge in [-0.3, -0.25) is 4.79 Å². The summed E-state index contributed by atoms with van der Waals surface area (Å²) in [4.78, 5) is 10.5. The van der Waals surface area contributed by atoms with Gasteiger partial charge >= 0.3 is 5.97 Å². The van der Waals surface area contributed by atoms with Gasteiger partial charge in [0.05, 0.1) is 0 Å². The molecule has 1 aliphatic rings. The highest BCUT2D eigenvalue weighted by atomic mass is 32.2. The summed E-state index contributed by atoms with van der Waals surface area (Å²) in [6.07, 6.45) is 3.75. The molecule has 0 aromatic rings. The number of hydrogen-bond acceptors (Lipinski definition) is 3. The minimum absolute atomic E-state index is 0.0333. The van der Waals surface area contributed by atoms with Crippen LogP contribution in [0.5, 0.6) is 0 Å². The molecule has 1 heterocycles. The third kappa shape index (κ3) is 1.90. The third-order valence-corrected chi connectivity index (χ3v) is 2.03. The van der Waals surface area contributed by atoms with Crippen molar-refractivity contribution in [2.45, 2.75) is 18.9 Å². The summed E-state index contributed by atoms with van der Waals surface area (Å²) in [7, 11) is 0. The van der Waals surface area contributed by atoms with Gasteiger partial charge in [0.25, 0.3) is 0 Å². The van der Waals surface area contributed by atoms with Gasteiger partial charge in [-0.25, -0.2) is 0 Å². The zero-order valence-corrected chi connectivity index (χ0v) is 6.24. The SMILES string of the molecule is CSCC1CCC(=O)O1. The summed E-state index contributed by atoms with van der Waals surface area (Å²) in [6.45, 7) is 0. The summed E-state index contributed by atoms with van der Waals surface area (Å²) >= 11 is 1.72. The molecule has 0 saturated carbocycles. The van der Waals surface area contributed by atoms with E-state index < -0.39 is 0 Å². The molecule has 0 bridgehead atoms. The van der Waals surface area contributed by atoms with E-state index in [0.717, 1.165) is 12.2 Å². The van der Waals surface area contributed by atoms with Crippen LogP contribution in [0.4, 0.5) is 0 Å². The lowest BCUT2D eigenvalue weighted by Crippen LogP contribution is -2.08. The predicted molar refractivity (Wildman–Crippen MR) is 37.5 cm³/mol. The van der Waals surface area contributed by atoms with Crippen LogP contribution in [0.25, 0.3) is 0 Å². The average molecular weight is 146 g/mol. The van der Waals surface area contributed by atoms with E-state index in [1.165, 1.54) is 0 Å². The Morgan fingerprint density at radius 3 is 3.11 bits per heavy atom. The number of hydrogen-bond donors (Lipinski definition) is 0. The van der Waals surface area contributed by atoms with Crippen LogP contribution in [0.15, 0.2) is 0 Å². The van der Waals surface area contributed by atoms with Crippen molar-refractivity contribution in [3.63, 3.8) is 0 Å². The monoisotopic (exact) mass is 146 g/mol. The Hall–Kier alpha value is -0.180. The minimum Gasteiger partial charge on any atom is -0.461 e. The zero-order chi connectivity index (χ0) is 6.69. The molecule has 0 aliphatic carbocycles. The molecule has 3 heteroatoms. The summed E-state index contributed by atoms with van der Waals surface area (Å²) in [5, 5.41) is 0. The molecule has 0 N–H and O–H groups in total. The third-order valence-electron chi connectivity index (χ3n) is 1.32. The van der Waals surface area contributed by atoms with Gasteiger partial charge in [-0.05, 0) is 12.7 Å². The van der Waals surface area contributed by atoms with E-state index in [1.807, 2.05) is 6.26 Å². The molecule has 52 valence electrons. The number of ether oxygens (including phenoxy) is 1. The number of esters is 1. The van der Waals surface area contributed by atoms with Crippen molar-refractivity contribution in [2.75, 3.05) is 12.0 Å². The summed E-state index contributed by atoms with van der Waals surface area (Å²) in [6, 6.07) is 0. The molecule has 1 rings (SSSR count). The number of rotatable bonds is 2. The maximum absolute atomic E-state index is 10.5. The van der Waals surface area contributed by atoms with Crippen LogP contribution >= 0.6 is 11.8 Å². The Kier molecular flexibility index (Phi) is 2.39. The van der Waals surface area contributed by atoms with Crippen molar-refractivity contribution < 1.29 is 9.53 Å². The summed E-state index contributed by atoms with van der Waals surface area (Å²) in [5.74, 6) is 0.917. The van der Waals surface area contributed by atoms with Crippen molar-refractivity contribution in [1.82, 2.24) is 0 Å². The van der Waals surface area contributed by atoms with Gasteiger partial charge in [-0.15, -0.1) is 0 Å². The second kappa shape index (κ2) is 3.11. The highest BCUT2D eigenvalue weighted by molar-refractivity contribution is 7.98. The van der Waals surface area contributed by atoms with Gasteiger partial charge in [0, 0.05) is 12.2 Å². The molecule has 1 fully saturated rings. The first-order chi connectivity index (χ1) is 4.33. The van der Waals surface area contributed by atoms with Crippen LogP contribution in [-0.2, 0) is 9.53 Å². The molecule has 1 atom stereocenters. The Bertz CT molecular complexity index is 114. The first-order valence-corrected chi connectivity index (χ1v) is 4.40. The fourth-order valence-electron chi connectivity index (χ4n) is 0.886. The van der Waals surface area contributed by atoms with E-state index in [1.54, 1.807) is 11.8 Å². The van der Waals surface area contributed by atoms with E-state index in [2.05, 4.69) is 0 Å². The Morgan fingerprint density at radius 2 is 2.67 bits per heavy atom. The van der Waals surface area contributed by atoms with Crippen LogP contribution in [0.1, 0.15) is 12.8 Å². The number of carbonyl (C=O) groups is 1. The molecule has 9 heavy (non-hydrogen) atoms. The molecule has 0 radical (unpaired) electrons. The van der Waals surface area contributed by atoms with Gasteiger partial charge in [-0.2, -0.15) is 11.8 Å². The number of thioether (sulfide) groups is 1. The van der Waals surface area contributed by atoms with Gasteiger partial charge < -0.3 is 4.74 Å². The number of carbonyl (C=O) groups excluding carboxylic acids is 1. The van der Waals surface area contributed by atoms with E-state index in [0.29, 0.717) is 6.42 Å². The highest BCUT2D eigenvalue weighted by Crippen LogP contribution is 2.16. The minimum atomic E-state index is -0.0333. The molecule has 1 aliphatic heterocycles. The molecule has 0 aromatic carbocycles. The molecular weight excluding hydrogens is 136 g/mol. The smallest absolute Gasteiger partial charge is 0.306 e. The Balaban J connectivity index is 2.22. The summed E-state index contributed by atoms with van der Waals surface area (Å²) in [5.41, 5.74) is 0. The van der Waals surface area contributed by atoms with Crippen LogP contribution in [0.3, 0.4) is 0 Å². The fraction of sp³-hybridized carbons (Fsp3) is 0.833. The van der Waals surface area contributed by atoms with Crippen molar-refractivity contribution in [3.8, 4) is 0 Å². The predicted octanol–water partition coefficient (Wildman–Crippen LogP) is 1.05. The molecule has 1 unspecified atom stereocenters. The molecule has 1 saturated heterocycles. The van der Waals surface area contributed by atoms with Crippen molar-refractivity contribution in [3.05, 3.63) is 0 Å². The maximum Gasteiger partial charge on any atom is 0.306 e. The molecule has 0 amide bonds. The topological polar surface area (TPSA) is 26.3 Å². The lowest BCUT2D eigenvalue weighted by molar-refractivity contribution is -0.140. The molecule has 2 nitrogen and oxygen atoms in total. The van der Waals surface area contributed by atoms with Crippen LogP contribution in [0.2, 0.25) is 0 Å². The van der Waals surface area contributed by atoms with E-state index in [9.17, 15) is 4.79 Å². The maximum atomic E-state index is 10.5. The van der Waals surface area contributed by atoms with Gasteiger partial charge in [0.1, 0.15) is 6.10 Å². The lowest BCUT2D eigenvalue weighted by atomic mass is 10.3. The van der Waals surface area contributed by atoms with Gasteiger partial charge in [0.2, 0.25) is 0 Å². The first kappa shape index (κ1) is 6.93. The van der Waals surface area contributed by atoms with Gasteiger partial charge in [0.15, 0.2) is 0 Å². The lowest BCUT2D eigenvalue weighted by Gasteiger charge is -2.04. The Labute approximate surface area is 59.0 Å². The molecular formula is C6H10O2S.